The van der Waals surface area contributed by atoms with E-state index in [4.69, 9.17) is 21.5 Å². The van der Waals surface area contributed by atoms with Gasteiger partial charge >= 0.3 is 0 Å². The fourth-order valence-electron chi connectivity index (χ4n) is 1.29. The van der Waals surface area contributed by atoms with Crippen LogP contribution in [0.15, 0.2) is 23.1 Å². The number of carbonyl (C=O) groups is 1. The van der Waals surface area contributed by atoms with Crippen molar-refractivity contribution in [2.45, 2.75) is 11.8 Å². The van der Waals surface area contributed by atoms with Crippen LogP contribution < -0.4 is 15.2 Å². The van der Waals surface area contributed by atoms with E-state index in [1.807, 2.05) is 0 Å². The number of anilines is 1. The van der Waals surface area contributed by atoms with Gasteiger partial charge in [0.2, 0.25) is 15.9 Å². The van der Waals surface area contributed by atoms with Crippen LogP contribution in [0.4, 0.5) is 5.69 Å². The molecule has 0 fully saturated rings. The van der Waals surface area contributed by atoms with Gasteiger partial charge in [0.15, 0.2) is 0 Å². The fourth-order valence-corrected chi connectivity index (χ4v) is 1.97. The molecule has 0 bridgehead atoms. The Morgan fingerprint density at radius 2 is 2.16 bits per heavy atom. The number of carbonyl (C=O) groups excluding carboxylic acids is 1. The molecule has 0 aliphatic rings. The predicted octanol–water partition coefficient (Wildman–Crippen LogP) is 1.16. The van der Waals surface area contributed by atoms with E-state index in [1.165, 1.54) is 25.3 Å². The molecule has 0 aliphatic heterocycles. The highest BCUT2D eigenvalue weighted by molar-refractivity contribution is 7.89. The van der Waals surface area contributed by atoms with Gasteiger partial charge in [-0.15, -0.1) is 11.6 Å². The molecule has 0 spiro atoms. The van der Waals surface area contributed by atoms with Crippen LogP contribution in [0, 0.1) is 5.92 Å². The van der Waals surface area contributed by atoms with Gasteiger partial charge in [0, 0.05) is 11.8 Å². The second-order valence-corrected chi connectivity index (χ2v) is 5.82. The van der Waals surface area contributed by atoms with Crippen LogP contribution >= 0.6 is 11.6 Å². The number of hydrogen-bond acceptors (Lipinski definition) is 4. The fraction of sp³-hybridized carbons (Fsp3) is 0.364. The number of hydrogen-bond donors (Lipinski definition) is 2. The molecule has 1 unspecified atom stereocenters. The molecule has 6 nitrogen and oxygen atoms in total. The number of alkyl halides is 1. The third kappa shape index (κ3) is 4.09. The molecule has 0 saturated heterocycles. The third-order valence-corrected chi connectivity index (χ3v) is 3.81. The molecule has 0 saturated carbocycles. The minimum absolute atomic E-state index is 0.109. The first-order valence-corrected chi connectivity index (χ1v) is 7.45. The van der Waals surface area contributed by atoms with E-state index in [-0.39, 0.29) is 22.4 Å². The van der Waals surface area contributed by atoms with Crippen molar-refractivity contribution >= 4 is 33.2 Å². The highest BCUT2D eigenvalue weighted by Crippen LogP contribution is 2.27. The summed E-state index contributed by atoms with van der Waals surface area (Å²) in [5, 5.41) is 7.59. The average molecular weight is 307 g/mol. The topological polar surface area (TPSA) is 98.5 Å². The molecule has 0 heterocycles. The van der Waals surface area contributed by atoms with Gasteiger partial charge in [0.1, 0.15) is 5.75 Å². The molecule has 1 aromatic carbocycles. The summed E-state index contributed by atoms with van der Waals surface area (Å²) in [6.45, 7) is 1.65. The number of rotatable bonds is 5. The van der Waals surface area contributed by atoms with Crippen molar-refractivity contribution in [2.75, 3.05) is 18.3 Å². The van der Waals surface area contributed by atoms with Gasteiger partial charge in [-0.3, -0.25) is 4.79 Å². The van der Waals surface area contributed by atoms with Gasteiger partial charge in [0.25, 0.3) is 0 Å². The number of sulfonamides is 1. The van der Waals surface area contributed by atoms with Crippen molar-refractivity contribution in [1.29, 1.82) is 0 Å². The van der Waals surface area contributed by atoms with E-state index >= 15 is 0 Å². The van der Waals surface area contributed by atoms with E-state index in [2.05, 4.69) is 5.32 Å². The summed E-state index contributed by atoms with van der Waals surface area (Å²) in [5.74, 6) is -0.254. The monoisotopic (exact) mass is 306 g/mol. The van der Waals surface area contributed by atoms with Crippen LogP contribution in [0.1, 0.15) is 6.92 Å². The van der Waals surface area contributed by atoms with E-state index in [0.717, 1.165) is 0 Å². The van der Waals surface area contributed by atoms with E-state index in [0.29, 0.717) is 5.75 Å². The highest BCUT2D eigenvalue weighted by Gasteiger charge is 2.16. The number of halogens is 1. The van der Waals surface area contributed by atoms with Crippen LogP contribution in [0.2, 0.25) is 0 Å². The minimum Gasteiger partial charge on any atom is -0.495 e. The smallest absolute Gasteiger partial charge is 0.238 e. The third-order valence-electron chi connectivity index (χ3n) is 2.44. The Balaban J connectivity index is 3.14. The second kappa shape index (κ2) is 6.23. The van der Waals surface area contributed by atoms with Crippen LogP contribution in [-0.4, -0.2) is 27.3 Å². The lowest BCUT2D eigenvalue weighted by atomic mass is 10.2. The Morgan fingerprint density at radius 1 is 1.53 bits per heavy atom. The molecule has 8 heteroatoms. The molecule has 1 atom stereocenters. The zero-order valence-corrected chi connectivity index (χ0v) is 12.1. The zero-order valence-electron chi connectivity index (χ0n) is 10.5. The number of primary sulfonamides is 1. The van der Waals surface area contributed by atoms with Crippen molar-refractivity contribution < 1.29 is 17.9 Å². The summed E-state index contributed by atoms with van der Waals surface area (Å²) in [4.78, 5) is 11.6. The Kier molecular flexibility index (Phi) is 5.16. The zero-order chi connectivity index (χ0) is 14.6. The molecule has 1 amide bonds. The molecule has 0 aromatic heterocycles. The molecular formula is C11H15ClN2O4S. The Bertz CT molecular complexity index is 574. The first-order valence-electron chi connectivity index (χ1n) is 5.37. The van der Waals surface area contributed by atoms with Gasteiger partial charge in [0.05, 0.1) is 17.7 Å². The maximum atomic E-state index is 11.7. The SMILES string of the molecule is COc1ccc(S(N)(=O)=O)cc1NC(=O)C(C)CCl. The summed E-state index contributed by atoms with van der Waals surface area (Å²) in [7, 11) is -2.44. The minimum atomic E-state index is -3.84. The summed E-state index contributed by atoms with van der Waals surface area (Å²) in [5.41, 5.74) is 0.232. The first-order chi connectivity index (χ1) is 8.79. The maximum absolute atomic E-state index is 11.7. The molecule has 0 aliphatic carbocycles. The molecule has 106 valence electrons. The normalized spacial score (nSPS) is 12.8. The number of nitrogens with one attached hydrogen (secondary N) is 1. The van der Waals surface area contributed by atoms with Crippen LogP contribution in [0.25, 0.3) is 0 Å². The maximum Gasteiger partial charge on any atom is 0.238 e. The molecule has 1 aromatic rings. The van der Waals surface area contributed by atoms with Gasteiger partial charge in [-0.25, -0.2) is 13.6 Å². The highest BCUT2D eigenvalue weighted by atomic mass is 35.5. The Labute approximate surface area is 116 Å². The average Bonchev–Trinajstić information content (AvgIpc) is 2.36. The van der Waals surface area contributed by atoms with Crippen molar-refractivity contribution in [3.63, 3.8) is 0 Å². The van der Waals surface area contributed by atoms with Crippen molar-refractivity contribution in [3.8, 4) is 5.75 Å². The van der Waals surface area contributed by atoms with Crippen molar-refractivity contribution in [2.24, 2.45) is 11.1 Å². The van der Waals surface area contributed by atoms with E-state index in [1.54, 1.807) is 6.92 Å². The largest absolute Gasteiger partial charge is 0.495 e. The summed E-state index contributed by atoms with van der Waals surface area (Å²) in [6, 6.07) is 3.96. The van der Waals surface area contributed by atoms with Gasteiger partial charge in [-0.05, 0) is 18.2 Å². The standard InChI is InChI=1S/C11H15ClN2O4S/c1-7(6-12)11(15)14-9-5-8(19(13,16)17)3-4-10(9)18-2/h3-5,7H,6H2,1-2H3,(H,14,15)(H2,13,16,17). The lowest BCUT2D eigenvalue weighted by Crippen LogP contribution is -2.22. The van der Waals surface area contributed by atoms with Gasteiger partial charge < -0.3 is 10.1 Å². The number of methoxy groups -OCH3 is 1. The van der Waals surface area contributed by atoms with Crippen molar-refractivity contribution in [3.05, 3.63) is 18.2 Å². The summed E-state index contributed by atoms with van der Waals surface area (Å²) < 4.78 is 27.6. The van der Waals surface area contributed by atoms with Gasteiger partial charge in [-0.2, -0.15) is 0 Å². The summed E-state index contributed by atoms with van der Waals surface area (Å²) in [6.07, 6.45) is 0. The Morgan fingerprint density at radius 3 is 2.63 bits per heavy atom. The van der Waals surface area contributed by atoms with E-state index in [9.17, 15) is 13.2 Å². The number of amides is 1. The van der Waals surface area contributed by atoms with Crippen LogP contribution in [0.5, 0.6) is 5.75 Å². The number of nitrogens with two attached hydrogens (primary N) is 1. The molecular weight excluding hydrogens is 292 g/mol. The predicted molar refractivity (Wildman–Crippen MR) is 72.9 cm³/mol. The molecule has 3 N–H and O–H groups in total. The molecule has 0 radical (unpaired) electrons. The molecule has 1 rings (SSSR count). The quantitative estimate of drug-likeness (QED) is 0.797. The number of benzene rings is 1. The summed E-state index contributed by atoms with van der Waals surface area (Å²) >= 11 is 5.58. The molecule has 19 heavy (non-hydrogen) atoms. The van der Waals surface area contributed by atoms with Crippen LogP contribution in [0.3, 0.4) is 0 Å². The van der Waals surface area contributed by atoms with Crippen molar-refractivity contribution in [1.82, 2.24) is 0 Å². The Hall–Kier alpha value is -1.31. The number of ether oxygens (including phenoxy) is 1. The lowest BCUT2D eigenvalue weighted by Gasteiger charge is -2.13. The van der Waals surface area contributed by atoms with Gasteiger partial charge in [-0.1, -0.05) is 6.92 Å². The second-order valence-electron chi connectivity index (χ2n) is 3.95. The van der Waals surface area contributed by atoms with Crippen LogP contribution in [-0.2, 0) is 14.8 Å². The van der Waals surface area contributed by atoms with E-state index < -0.39 is 15.9 Å². The first kappa shape index (κ1) is 15.7. The lowest BCUT2D eigenvalue weighted by molar-refractivity contribution is -0.118.